The minimum Gasteiger partial charge on any atom is -0.336 e. The van der Waals surface area contributed by atoms with Gasteiger partial charge in [0.2, 0.25) is 0 Å². The summed E-state index contributed by atoms with van der Waals surface area (Å²) in [5, 5.41) is 0. The second kappa shape index (κ2) is 7.96. The fourth-order valence-electron chi connectivity index (χ4n) is 3.25. The SMILES string of the molecule is Cc1ccc(C)c(C(=O)CN2CCN(C(=O)c3ccc(F)c(F)c3)CC2)c1. The molecule has 0 aliphatic carbocycles. The minimum atomic E-state index is -1.03. The number of benzene rings is 2. The summed E-state index contributed by atoms with van der Waals surface area (Å²) < 4.78 is 26.4. The van der Waals surface area contributed by atoms with Crippen LogP contribution in [-0.2, 0) is 0 Å². The molecule has 1 fully saturated rings. The van der Waals surface area contributed by atoms with E-state index in [0.29, 0.717) is 32.7 Å². The van der Waals surface area contributed by atoms with Crippen molar-refractivity contribution in [1.29, 1.82) is 0 Å². The van der Waals surface area contributed by atoms with Gasteiger partial charge in [0.25, 0.3) is 5.91 Å². The number of amides is 1. The first-order valence-corrected chi connectivity index (χ1v) is 8.92. The molecule has 1 aliphatic rings. The molecule has 0 saturated carbocycles. The van der Waals surface area contributed by atoms with Crippen LogP contribution in [0.15, 0.2) is 36.4 Å². The number of hydrogen-bond donors (Lipinski definition) is 0. The Labute approximate surface area is 157 Å². The molecule has 0 atom stereocenters. The van der Waals surface area contributed by atoms with Gasteiger partial charge < -0.3 is 4.90 Å². The number of halogens is 2. The Balaban J connectivity index is 1.58. The molecular formula is C21H22F2N2O2. The van der Waals surface area contributed by atoms with Crippen LogP contribution in [0.1, 0.15) is 31.8 Å². The molecular weight excluding hydrogens is 350 g/mol. The third-order valence-corrected chi connectivity index (χ3v) is 4.89. The van der Waals surface area contributed by atoms with Crippen molar-refractivity contribution < 1.29 is 18.4 Å². The lowest BCUT2D eigenvalue weighted by Gasteiger charge is -2.34. The van der Waals surface area contributed by atoms with Crippen molar-refractivity contribution in [2.75, 3.05) is 32.7 Å². The zero-order valence-corrected chi connectivity index (χ0v) is 15.5. The van der Waals surface area contributed by atoms with Gasteiger partial charge in [-0.25, -0.2) is 8.78 Å². The third kappa shape index (κ3) is 4.39. The van der Waals surface area contributed by atoms with E-state index in [4.69, 9.17) is 0 Å². The van der Waals surface area contributed by atoms with Crippen molar-refractivity contribution in [3.63, 3.8) is 0 Å². The smallest absolute Gasteiger partial charge is 0.254 e. The minimum absolute atomic E-state index is 0.0663. The van der Waals surface area contributed by atoms with Gasteiger partial charge in [-0.05, 0) is 43.7 Å². The number of Topliss-reactive ketones (excluding diaryl/α,β-unsaturated/α-hetero) is 1. The second-order valence-corrected chi connectivity index (χ2v) is 6.94. The van der Waals surface area contributed by atoms with E-state index in [1.54, 1.807) is 4.90 Å². The molecule has 2 aromatic rings. The molecule has 0 N–H and O–H groups in total. The molecule has 1 heterocycles. The average molecular weight is 372 g/mol. The highest BCUT2D eigenvalue weighted by atomic mass is 19.2. The molecule has 27 heavy (non-hydrogen) atoms. The average Bonchev–Trinajstić information content (AvgIpc) is 2.66. The van der Waals surface area contributed by atoms with E-state index < -0.39 is 11.6 Å². The van der Waals surface area contributed by atoms with Crippen molar-refractivity contribution >= 4 is 11.7 Å². The van der Waals surface area contributed by atoms with Crippen LogP contribution in [0.4, 0.5) is 8.78 Å². The van der Waals surface area contributed by atoms with Crippen LogP contribution in [0.2, 0.25) is 0 Å². The summed E-state index contributed by atoms with van der Waals surface area (Å²) in [5.41, 5.74) is 2.87. The van der Waals surface area contributed by atoms with Crippen LogP contribution in [0, 0.1) is 25.5 Å². The number of piperazine rings is 1. The highest BCUT2D eigenvalue weighted by Crippen LogP contribution is 2.15. The van der Waals surface area contributed by atoms with E-state index in [1.807, 2.05) is 36.9 Å². The molecule has 0 radical (unpaired) electrons. The fourth-order valence-corrected chi connectivity index (χ4v) is 3.25. The molecule has 142 valence electrons. The number of nitrogens with zero attached hydrogens (tertiary/aromatic N) is 2. The number of carbonyl (C=O) groups is 2. The van der Waals surface area contributed by atoms with Crippen molar-refractivity contribution in [1.82, 2.24) is 9.80 Å². The predicted octanol–water partition coefficient (Wildman–Crippen LogP) is 3.22. The molecule has 4 nitrogen and oxygen atoms in total. The zero-order chi connectivity index (χ0) is 19.6. The number of rotatable bonds is 4. The van der Waals surface area contributed by atoms with Gasteiger partial charge in [0.1, 0.15) is 0 Å². The highest BCUT2D eigenvalue weighted by molar-refractivity contribution is 5.99. The Morgan fingerprint density at radius 1 is 0.926 bits per heavy atom. The Morgan fingerprint density at radius 2 is 1.63 bits per heavy atom. The molecule has 0 aromatic heterocycles. The fraction of sp³-hybridized carbons (Fsp3) is 0.333. The van der Waals surface area contributed by atoms with Crippen LogP contribution < -0.4 is 0 Å². The molecule has 2 aromatic carbocycles. The topological polar surface area (TPSA) is 40.6 Å². The van der Waals surface area contributed by atoms with Crippen LogP contribution in [0.5, 0.6) is 0 Å². The molecule has 3 rings (SSSR count). The quantitative estimate of drug-likeness (QED) is 0.774. The Morgan fingerprint density at radius 3 is 2.30 bits per heavy atom. The summed E-state index contributed by atoms with van der Waals surface area (Å²) in [6.45, 7) is 6.19. The van der Waals surface area contributed by atoms with E-state index in [2.05, 4.69) is 0 Å². The van der Waals surface area contributed by atoms with Crippen LogP contribution in [0.25, 0.3) is 0 Å². The van der Waals surface area contributed by atoms with Gasteiger partial charge in [0.15, 0.2) is 17.4 Å². The summed E-state index contributed by atoms with van der Waals surface area (Å²) >= 11 is 0. The van der Waals surface area contributed by atoms with E-state index >= 15 is 0 Å². The van der Waals surface area contributed by atoms with E-state index in [-0.39, 0.29) is 17.3 Å². The van der Waals surface area contributed by atoms with Gasteiger partial charge >= 0.3 is 0 Å². The van der Waals surface area contributed by atoms with Gasteiger partial charge in [-0.15, -0.1) is 0 Å². The first kappa shape index (κ1) is 19.2. The third-order valence-electron chi connectivity index (χ3n) is 4.89. The Bertz CT molecular complexity index is 874. The van der Waals surface area contributed by atoms with Crippen molar-refractivity contribution in [2.24, 2.45) is 0 Å². The van der Waals surface area contributed by atoms with E-state index in [0.717, 1.165) is 28.8 Å². The first-order chi connectivity index (χ1) is 12.8. The summed E-state index contributed by atoms with van der Waals surface area (Å²) in [6, 6.07) is 9.00. The van der Waals surface area contributed by atoms with Gasteiger partial charge in [0.05, 0.1) is 6.54 Å². The maximum atomic E-state index is 13.3. The highest BCUT2D eigenvalue weighted by Gasteiger charge is 2.24. The van der Waals surface area contributed by atoms with Crippen LogP contribution >= 0.6 is 0 Å². The zero-order valence-electron chi connectivity index (χ0n) is 15.5. The van der Waals surface area contributed by atoms with Crippen molar-refractivity contribution in [2.45, 2.75) is 13.8 Å². The van der Waals surface area contributed by atoms with E-state index in [1.165, 1.54) is 6.07 Å². The number of aryl methyl sites for hydroxylation is 2. The lowest BCUT2D eigenvalue weighted by atomic mass is 10.0. The van der Waals surface area contributed by atoms with Gasteiger partial charge in [-0.3, -0.25) is 14.5 Å². The summed E-state index contributed by atoms with van der Waals surface area (Å²) in [7, 11) is 0. The van der Waals surface area contributed by atoms with Gasteiger partial charge in [0, 0.05) is 37.3 Å². The summed E-state index contributed by atoms with van der Waals surface area (Å²) in [6.07, 6.45) is 0. The molecule has 1 saturated heterocycles. The van der Waals surface area contributed by atoms with Crippen molar-refractivity contribution in [3.05, 3.63) is 70.3 Å². The number of carbonyl (C=O) groups excluding carboxylic acids is 2. The van der Waals surface area contributed by atoms with E-state index in [9.17, 15) is 18.4 Å². The summed E-state index contributed by atoms with van der Waals surface area (Å²) in [5.74, 6) is -2.26. The van der Waals surface area contributed by atoms with Crippen LogP contribution in [-0.4, -0.2) is 54.2 Å². The predicted molar refractivity (Wildman–Crippen MR) is 98.9 cm³/mol. The molecule has 0 spiro atoms. The lowest BCUT2D eigenvalue weighted by Crippen LogP contribution is -2.50. The first-order valence-electron chi connectivity index (χ1n) is 8.92. The lowest BCUT2D eigenvalue weighted by molar-refractivity contribution is 0.0624. The molecule has 0 unspecified atom stereocenters. The number of ketones is 1. The Kier molecular flexibility index (Phi) is 5.65. The molecule has 1 aliphatic heterocycles. The maximum Gasteiger partial charge on any atom is 0.254 e. The Hall–Kier alpha value is -2.60. The number of hydrogen-bond acceptors (Lipinski definition) is 3. The normalized spacial score (nSPS) is 15.0. The molecule has 1 amide bonds. The largest absolute Gasteiger partial charge is 0.336 e. The monoisotopic (exact) mass is 372 g/mol. The molecule has 0 bridgehead atoms. The van der Waals surface area contributed by atoms with Crippen molar-refractivity contribution in [3.8, 4) is 0 Å². The molecule has 6 heteroatoms. The second-order valence-electron chi connectivity index (χ2n) is 6.94. The van der Waals surface area contributed by atoms with Crippen LogP contribution in [0.3, 0.4) is 0 Å². The van der Waals surface area contributed by atoms with Gasteiger partial charge in [-0.2, -0.15) is 0 Å². The summed E-state index contributed by atoms with van der Waals surface area (Å²) in [4.78, 5) is 28.7. The standard InChI is InChI=1S/C21H22F2N2O2/c1-14-3-4-15(2)17(11-14)20(26)13-24-7-9-25(10-8-24)21(27)16-5-6-18(22)19(23)12-16/h3-6,11-12H,7-10,13H2,1-2H3. The van der Waals surface area contributed by atoms with Gasteiger partial charge in [-0.1, -0.05) is 17.7 Å². The maximum absolute atomic E-state index is 13.3.